The monoisotopic (exact) mass is 577 g/mol. The first kappa shape index (κ1) is 27.2. The molecule has 0 aliphatic carbocycles. The highest BCUT2D eigenvalue weighted by molar-refractivity contribution is 6.41. The van der Waals surface area contributed by atoms with E-state index in [4.69, 9.17) is 42.8 Å². The summed E-state index contributed by atoms with van der Waals surface area (Å²) in [5.74, 6) is 1.60. The van der Waals surface area contributed by atoms with E-state index < -0.39 is 0 Å². The van der Waals surface area contributed by atoms with Crippen LogP contribution in [0.3, 0.4) is 0 Å². The molecule has 1 amide bonds. The number of benzene rings is 2. The third-order valence-corrected chi connectivity index (χ3v) is 7.05. The molecule has 5 aromatic rings. The predicted molar refractivity (Wildman–Crippen MR) is 157 cm³/mol. The van der Waals surface area contributed by atoms with E-state index in [2.05, 4.69) is 27.2 Å². The summed E-state index contributed by atoms with van der Waals surface area (Å²) in [6, 6.07) is 11.1. The molecule has 0 bridgehead atoms. The molecule has 0 fully saturated rings. The van der Waals surface area contributed by atoms with Gasteiger partial charge in [-0.3, -0.25) is 4.79 Å². The van der Waals surface area contributed by atoms with Gasteiger partial charge in [-0.1, -0.05) is 41.9 Å². The van der Waals surface area contributed by atoms with E-state index in [1.165, 1.54) is 20.3 Å². The van der Waals surface area contributed by atoms with Crippen LogP contribution in [0.15, 0.2) is 55.3 Å². The van der Waals surface area contributed by atoms with Gasteiger partial charge in [0.25, 0.3) is 0 Å². The minimum Gasteiger partial charge on any atom is -0.495 e. The van der Waals surface area contributed by atoms with Crippen LogP contribution in [0, 0.1) is 0 Å². The van der Waals surface area contributed by atoms with Gasteiger partial charge in [0.05, 0.1) is 24.3 Å². The molecule has 5 rings (SSSR count). The molecule has 3 aromatic heterocycles. The molecule has 3 heterocycles. The molecule has 2 aromatic carbocycles. The number of carbonyl (C=O) groups excluding carboxylic acids is 1. The number of nitrogens with zero attached hydrogens (tertiary/aromatic N) is 5. The standard InChI is InChI=1S/C28H25Cl2N7O3/c1-5-22(38)33-17-9-6-15(7-10-17)8-11-21-34-27-18(23-24(29)19(39-3)13-20(40-4)25(23)30)12-16-14-32-28(31-2)35-26(16)37(27)36-21/h5-7,9-10,12-14H,1,8,11H2,2-4H3,(H,33,38)(H,31,32,35). The van der Waals surface area contributed by atoms with Gasteiger partial charge in [0.1, 0.15) is 11.5 Å². The quantitative estimate of drug-likeness (QED) is 0.217. The van der Waals surface area contributed by atoms with Gasteiger partial charge in [-0.05, 0) is 36.3 Å². The number of hydrogen-bond donors (Lipinski definition) is 2. The molecule has 0 aliphatic rings. The zero-order valence-corrected chi connectivity index (χ0v) is 23.5. The Morgan fingerprint density at radius 3 is 2.35 bits per heavy atom. The molecule has 0 saturated heterocycles. The van der Waals surface area contributed by atoms with Crippen molar-refractivity contribution in [1.29, 1.82) is 0 Å². The molecule has 0 unspecified atom stereocenters. The Bertz CT molecular complexity index is 1730. The van der Waals surface area contributed by atoms with E-state index in [0.29, 0.717) is 79.7 Å². The van der Waals surface area contributed by atoms with Gasteiger partial charge < -0.3 is 20.1 Å². The van der Waals surface area contributed by atoms with Gasteiger partial charge >= 0.3 is 0 Å². The van der Waals surface area contributed by atoms with Crippen molar-refractivity contribution in [2.24, 2.45) is 0 Å². The van der Waals surface area contributed by atoms with Crippen LogP contribution in [0.5, 0.6) is 11.5 Å². The van der Waals surface area contributed by atoms with E-state index in [1.54, 1.807) is 23.8 Å². The lowest BCUT2D eigenvalue weighted by Gasteiger charge is -2.15. The summed E-state index contributed by atoms with van der Waals surface area (Å²) in [5.41, 5.74) is 3.97. The summed E-state index contributed by atoms with van der Waals surface area (Å²) in [4.78, 5) is 25.4. The second kappa shape index (κ2) is 11.4. The number of nitrogens with one attached hydrogen (secondary N) is 2. The molecule has 204 valence electrons. The number of hydrogen-bond acceptors (Lipinski definition) is 8. The maximum absolute atomic E-state index is 11.5. The molecule has 0 saturated carbocycles. The minimum atomic E-state index is -0.260. The van der Waals surface area contributed by atoms with Gasteiger partial charge in [0.2, 0.25) is 11.9 Å². The Kier molecular flexibility index (Phi) is 7.72. The van der Waals surface area contributed by atoms with Crippen molar-refractivity contribution >= 4 is 57.4 Å². The highest BCUT2D eigenvalue weighted by Crippen LogP contribution is 2.47. The van der Waals surface area contributed by atoms with E-state index in [1.807, 2.05) is 30.3 Å². The van der Waals surface area contributed by atoms with Gasteiger partial charge in [-0.25, -0.2) is 9.97 Å². The Morgan fingerprint density at radius 1 is 1.02 bits per heavy atom. The number of ether oxygens (including phenoxy) is 2. The van der Waals surface area contributed by atoms with Gasteiger partial charge in [0.15, 0.2) is 17.1 Å². The van der Waals surface area contributed by atoms with Crippen molar-refractivity contribution in [1.82, 2.24) is 24.6 Å². The summed E-state index contributed by atoms with van der Waals surface area (Å²) >= 11 is 13.6. The first-order valence-corrected chi connectivity index (χ1v) is 13.0. The lowest BCUT2D eigenvalue weighted by atomic mass is 10.0. The Balaban J connectivity index is 1.60. The van der Waals surface area contributed by atoms with Crippen LogP contribution in [0.2, 0.25) is 10.0 Å². The summed E-state index contributed by atoms with van der Waals surface area (Å²) in [5, 5.41) is 11.8. The van der Waals surface area contributed by atoms with Crippen molar-refractivity contribution in [2.75, 3.05) is 31.9 Å². The predicted octanol–water partition coefficient (Wildman–Crippen LogP) is 5.61. The fraction of sp³-hybridized carbons (Fsp3) is 0.179. The number of aryl methyl sites for hydroxylation is 2. The molecule has 2 N–H and O–H groups in total. The van der Waals surface area contributed by atoms with E-state index in [-0.39, 0.29) is 5.91 Å². The van der Waals surface area contributed by atoms with Crippen LogP contribution >= 0.6 is 23.2 Å². The number of carbonyl (C=O) groups is 1. The maximum Gasteiger partial charge on any atom is 0.247 e. The highest BCUT2D eigenvalue weighted by Gasteiger charge is 2.24. The van der Waals surface area contributed by atoms with E-state index >= 15 is 0 Å². The smallest absolute Gasteiger partial charge is 0.247 e. The zero-order valence-electron chi connectivity index (χ0n) is 22.0. The normalized spacial score (nSPS) is 11.0. The largest absolute Gasteiger partial charge is 0.495 e. The maximum atomic E-state index is 11.5. The second-order valence-corrected chi connectivity index (χ2v) is 9.47. The number of aromatic nitrogens is 5. The van der Waals surface area contributed by atoms with Crippen LogP contribution in [-0.4, -0.2) is 51.7 Å². The van der Waals surface area contributed by atoms with Crippen molar-refractivity contribution in [3.8, 4) is 22.6 Å². The van der Waals surface area contributed by atoms with Crippen LogP contribution in [0.25, 0.3) is 27.8 Å². The topological polar surface area (TPSA) is 116 Å². The van der Waals surface area contributed by atoms with Gasteiger partial charge in [-0.2, -0.15) is 9.50 Å². The van der Waals surface area contributed by atoms with E-state index in [0.717, 1.165) is 5.56 Å². The number of amides is 1. The van der Waals surface area contributed by atoms with Crippen LogP contribution < -0.4 is 20.1 Å². The van der Waals surface area contributed by atoms with Crippen LogP contribution in [0.1, 0.15) is 11.4 Å². The Morgan fingerprint density at radius 2 is 1.73 bits per heavy atom. The molecular weight excluding hydrogens is 553 g/mol. The number of halogens is 2. The number of fused-ring (bicyclic) bond motifs is 3. The van der Waals surface area contributed by atoms with Gasteiger partial charge in [-0.15, -0.1) is 5.10 Å². The van der Waals surface area contributed by atoms with Crippen molar-refractivity contribution in [3.05, 3.63) is 76.7 Å². The average molecular weight is 578 g/mol. The van der Waals surface area contributed by atoms with Crippen molar-refractivity contribution < 1.29 is 14.3 Å². The fourth-order valence-electron chi connectivity index (χ4n) is 4.29. The molecule has 0 spiro atoms. The second-order valence-electron chi connectivity index (χ2n) is 8.72. The lowest BCUT2D eigenvalue weighted by Crippen LogP contribution is -2.07. The number of pyridine rings is 1. The van der Waals surface area contributed by atoms with Crippen LogP contribution in [0.4, 0.5) is 11.6 Å². The molecule has 10 nitrogen and oxygen atoms in total. The SMILES string of the molecule is C=CC(=O)Nc1ccc(CCc2nc3c(-c4c(Cl)c(OC)cc(OC)c4Cl)cc4cnc(NC)nc4n3n2)cc1. The summed E-state index contributed by atoms with van der Waals surface area (Å²) in [6.07, 6.45) is 4.15. The zero-order chi connectivity index (χ0) is 28.4. The molecule has 40 heavy (non-hydrogen) atoms. The fourth-order valence-corrected chi connectivity index (χ4v) is 4.99. The Labute approximate surface area is 240 Å². The third kappa shape index (κ3) is 5.11. The average Bonchev–Trinajstić information content (AvgIpc) is 3.41. The van der Waals surface area contributed by atoms with Gasteiger partial charge in [0, 0.05) is 47.9 Å². The van der Waals surface area contributed by atoms with Crippen molar-refractivity contribution in [2.45, 2.75) is 12.8 Å². The number of rotatable bonds is 9. The minimum absolute atomic E-state index is 0.260. The number of methoxy groups -OCH3 is 2. The van der Waals surface area contributed by atoms with Crippen LogP contribution in [-0.2, 0) is 17.6 Å². The summed E-state index contributed by atoms with van der Waals surface area (Å²) < 4.78 is 12.7. The molecule has 0 atom stereocenters. The summed E-state index contributed by atoms with van der Waals surface area (Å²) in [7, 11) is 4.79. The number of anilines is 2. The molecule has 0 aliphatic heterocycles. The molecule has 0 radical (unpaired) electrons. The first-order valence-electron chi connectivity index (χ1n) is 12.2. The highest BCUT2D eigenvalue weighted by atomic mass is 35.5. The first-order chi connectivity index (χ1) is 19.4. The summed E-state index contributed by atoms with van der Waals surface area (Å²) in [6.45, 7) is 3.47. The molecule has 12 heteroatoms. The van der Waals surface area contributed by atoms with Crippen molar-refractivity contribution in [3.63, 3.8) is 0 Å². The lowest BCUT2D eigenvalue weighted by molar-refractivity contribution is -0.111. The molecular formula is C28H25Cl2N7O3. The Hall–Kier alpha value is -4.41. The third-order valence-electron chi connectivity index (χ3n) is 6.30. The van der Waals surface area contributed by atoms with E-state index in [9.17, 15) is 4.79 Å².